The van der Waals surface area contributed by atoms with E-state index in [1.54, 1.807) is 7.11 Å². The highest BCUT2D eigenvalue weighted by Gasteiger charge is 2.36. The van der Waals surface area contributed by atoms with Gasteiger partial charge in [0.15, 0.2) is 0 Å². The average Bonchev–Trinajstić information content (AvgIpc) is 3.25. The van der Waals surface area contributed by atoms with Crippen LogP contribution in [0, 0.1) is 5.92 Å². The number of amides is 1. The zero-order chi connectivity index (χ0) is 14.8. The minimum Gasteiger partial charge on any atom is -0.497 e. The lowest BCUT2D eigenvalue weighted by Gasteiger charge is -2.21. The lowest BCUT2D eigenvalue weighted by Crippen LogP contribution is -2.42. The molecule has 5 nitrogen and oxygen atoms in total. The molecule has 1 amide bonds. The molecular weight excluding hydrogens is 268 g/mol. The Morgan fingerprint density at radius 2 is 2.10 bits per heavy atom. The van der Waals surface area contributed by atoms with Crippen molar-refractivity contribution in [3.63, 3.8) is 0 Å². The maximum absolute atomic E-state index is 12.3. The molecule has 0 aromatic heterocycles. The van der Waals surface area contributed by atoms with Crippen LogP contribution in [0.15, 0.2) is 24.3 Å². The molecular formula is C16H22N2O3. The summed E-state index contributed by atoms with van der Waals surface area (Å²) in [4.78, 5) is 12.3. The van der Waals surface area contributed by atoms with Gasteiger partial charge in [-0.05, 0) is 42.9 Å². The van der Waals surface area contributed by atoms with E-state index in [9.17, 15) is 9.90 Å². The largest absolute Gasteiger partial charge is 0.497 e. The molecule has 1 saturated heterocycles. The van der Waals surface area contributed by atoms with Crippen LogP contribution in [0.25, 0.3) is 0 Å². The number of methoxy groups -OCH3 is 1. The second-order valence-electron chi connectivity index (χ2n) is 5.95. The maximum Gasteiger partial charge on any atom is 0.237 e. The van der Waals surface area contributed by atoms with Gasteiger partial charge in [-0.1, -0.05) is 12.1 Å². The number of carbonyl (C=O) groups is 1. The van der Waals surface area contributed by atoms with Gasteiger partial charge in [0, 0.05) is 6.54 Å². The molecule has 1 aromatic carbocycles. The molecule has 5 heteroatoms. The third kappa shape index (κ3) is 3.36. The number of benzene rings is 1. The van der Waals surface area contributed by atoms with Gasteiger partial charge in [0.1, 0.15) is 5.75 Å². The first-order valence-electron chi connectivity index (χ1n) is 7.53. The summed E-state index contributed by atoms with van der Waals surface area (Å²) in [7, 11) is 1.65. The van der Waals surface area contributed by atoms with Gasteiger partial charge >= 0.3 is 0 Å². The number of carbonyl (C=O) groups excluding carboxylic acids is 1. The second kappa shape index (κ2) is 6.03. The van der Waals surface area contributed by atoms with Gasteiger partial charge in [-0.2, -0.15) is 0 Å². The van der Waals surface area contributed by atoms with Crippen molar-refractivity contribution >= 4 is 5.91 Å². The Kier molecular flexibility index (Phi) is 4.12. The molecule has 114 valence electrons. The summed E-state index contributed by atoms with van der Waals surface area (Å²) in [6.45, 7) is 0.495. The van der Waals surface area contributed by atoms with E-state index in [1.807, 2.05) is 24.3 Å². The number of hydrogen-bond acceptors (Lipinski definition) is 4. The Balaban J connectivity index is 1.68. The van der Waals surface area contributed by atoms with Gasteiger partial charge < -0.3 is 20.5 Å². The average molecular weight is 290 g/mol. The van der Waals surface area contributed by atoms with E-state index in [2.05, 4.69) is 10.6 Å². The van der Waals surface area contributed by atoms with E-state index in [1.165, 1.54) is 0 Å². The van der Waals surface area contributed by atoms with Gasteiger partial charge in [0.2, 0.25) is 5.91 Å². The lowest BCUT2D eigenvalue weighted by molar-refractivity contribution is -0.123. The van der Waals surface area contributed by atoms with Gasteiger partial charge in [0.25, 0.3) is 0 Å². The molecule has 3 rings (SSSR count). The summed E-state index contributed by atoms with van der Waals surface area (Å²) in [5.41, 5.74) is 1.12. The lowest BCUT2D eigenvalue weighted by atomic mass is 10.0. The quantitative estimate of drug-likeness (QED) is 0.756. The number of aliphatic hydroxyl groups is 1. The number of β-amino-alcohol motifs (C(OH)–C–C–N with tert-alkyl or cyclic N) is 1. The highest BCUT2D eigenvalue weighted by molar-refractivity contribution is 5.82. The zero-order valence-electron chi connectivity index (χ0n) is 12.2. The van der Waals surface area contributed by atoms with Crippen LogP contribution in [0.5, 0.6) is 5.75 Å². The van der Waals surface area contributed by atoms with Crippen molar-refractivity contribution < 1.29 is 14.6 Å². The maximum atomic E-state index is 12.3. The van der Waals surface area contributed by atoms with Crippen molar-refractivity contribution in [3.05, 3.63) is 29.8 Å². The molecule has 3 unspecified atom stereocenters. The topological polar surface area (TPSA) is 70.6 Å². The van der Waals surface area contributed by atoms with Crippen LogP contribution in [-0.4, -0.2) is 36.8 Å². The minimum absolute atomic E-state index is 0.0146. The van der Waals surface area contributed by atoms with E-state index in [0.29, 0.717) is 18.9 Å². The zero-order valence-corrected chi connectivity index (χ0v) is 12.2. The van der Waals surface area contributed by atoms with Gasteiger partial charge in [-0.15, -0.1) is 0 Å². The Morgan fingerprint density at radius 1 is 1.38 bits per heavy atom. The Labute approximate surface area is 124 Å². The molecule has 3 atom stereocenters. The van der Waals surface area contributed by atoms with Crippen LogP contribution in [0.2, 0.25) is 0 Å². The monoisotopic (exact) mass is 290 g/mol. The summed E-state index contributed by atoms with van der Waals surface area (Å²) in [5, 5.41) is 15.7. The summed E-state index contributed by atoms with van der Waals surface area (Å²) < 4.78 is 5.17. The van der Waals surface area contributed by atoms with E-state index in [0.717, 1.165) is 24.2 Å². The summed E-state index contributed by atoms with van der Waals surface area (Å²) in [5.74, 6) is 1.33. The Hall–Kier alpha value is -1.59. The van der Waals surface area contributed by atoms with Gasteiger partial charge in [0.05, 0.1) is 25.3 Å². The fourth-order valence-electron chi connectivity index (χ4n) is 2.88. The normalized spacial score (nSPS) is 26.4. The summed E-state index contributed by atoms with van der Waals surface area (Å²) in [6, 6.07) is 7.66. The van der Waals surface area contributed by atoms with Crippen molar-refractivity contribution in [3.8, 4) is 5.75 Å². The van der Waals surface area contributed by atoms with Crippen molar-refractivity contribution in [1.82, 2.24) is 10.6 Å². The van der Waals surface area contributed by atoms with Gasteiger partial charge in [-0.3, -0.25) is 4.79 Å². The van der Waals surface area contributed by atoms with Crippen molar-refractivity contribution in [2.75, 3.05) is 13.7 Å². The minimum atomic E-state index is -0.416. The number of rotatable bonds is 5. The molecule has 21 heavy (non-hydrogen) atoms. The van der Waals surface area contributed by atoms with Crippen LogP contribution in [0.3, 0.4) is 0 Å². The Morgan fingerprint density at radius 3 is 2.62 bits per heavy atom. The van der Waals surface area contributed by atoms with Gasteiger partial charge in [-0.25, -0.2) is 0 Å². The van der Waals surface area contributed by atoms with E-state index < -0.39 is 6.10 Å². The predicted octanol–water partition coefficient (Wildman–Crippen LogP) is 0.985. The molecule has 3 N–H and O–H groups in total. The fourth-order valence-corrected chi connectivity index (χ4v) is 2.88. The third-order valence-electron chi connectivity index (χ3n) is 4.29. The first-order valence-corrected chi connectivity index (χ1v) is 7.53. The number of ether oxygens (including phenoxy) is 1. The first kappa shape index (κ1) is 14.4. The number of nitrogens with one attached hydrogen (secondary N) is 2. The van der Waals surface area contributed by atoms with Crippen molar-refractivity contribution in [2.24, 2.45) is 5.92 Å². The standard InChI is InChI=1S/C16H22N2O3/c1-21-13-6-4-11(5-7-13)15(10-2-3-10)18-16(20)14-8-12(19)9-17-14/h4-7,10,12,14-15,17,19H,2-3,8-9H2,1H3,(H,18,20). The van der Waals surface area contributed by atoms with Crippen molar-refractivity contribution in [2.45, 2.75) is 37.5 Å². The van der Waals surface area contributed by atoms with Crippen LogP contribution in [0.1, 0.15) is 30.9 Å². The summed E-state index contributed by atoms with van der Waals surface area (Å²) in [6.07, 6.45) is 2.38. The van der Waals surface area contributed by atoms with Crippen LogP contribution in [-0.2, 0) is 4.79 Å². The number of aliphatic hydroxyl groups excluding tert-OH is 1. The predicted molar refractivity (Wildman–Crippen MR) is 79.0 cm³/mol. The molecule has 0 radical (unpaired) electrons. The summed E-state index contributed by atoms with van der Waals surface area (Å²) >= 11 is 0. The fraction of sp³-hybridized carbons (Fsp3) is 0.562. The Bertz CT molecular complexity index is 499. The smallest absolute Gasteiger partial charge is 0.237 e. The van der Waals surface area contributed by atoms with E-state index in [-0.39, 0.29) is 18.0 Å². The van der Waals surface area contributed by atoms with Crippen LogP contribution in [0.4, 0.5) is 0 Å². The third-order valence-corrected chi connectivity index (χ3v) is 4.29. The molecule has 2 fully saturated rings. The number of hydrogen-bond donors (Lipinski definition) is 3. The molecule has 1 heterocycles. The van der Waals surface area contributed by atoms with E-state index >= 15 is 0 Å². The van der Waals surface area contributed by atoms with Crippen LogP contribution < -0.4 is 15.4 Å². The highest BCUT2D eigenvalue weighted by Crippen LogP contribution is 2.41. The first-order chi connectivity index (χ1) is 10.2. The second-order valence-corrected chi connectivity index (χ2v) is 5.95. The molecule has 2 aliphatic rings. The highest BCUT2D eigenvalue weighted by atomic mass is 16.5. The molecule has 0 bridgehead atoms. The molecule has 1 aromatic rings. The molecule has 1 aliphatic heterocycles. The SMILES string of the molecule is COc1ccc(C(NC(=O)C2CC(O)CN2)C2CC2)cc1. The molecule has 1 saturated carbocycles. The van der Waals surface area contributed by atoms with Crippen LogP contribution >= 0.6 is 0 Å². The molecule has 0 spiro atoms. The molecule has 1 aliphatic carbocycles. The van der Waals surface area contributed by atoms with E-state index in [4.69, 9.17) is 4.74 Å². The van der Waals surface area contributed by atoms with Crippen molar-refractivity contribution in [1.29, 1.82) is 0 Å².